The van der Waals surface area contributed by atoms with E-state index >= 15 is 0 Å². The smallest absolute Gasteiger partial charge is 0.236 e. The van der Waals surface area contributed by atoms with E-state index in [1.54, 1.807) is 23.5 Å². The lowest BCUT2D eigenvalue weighted by atomic mass is 10.0. The number of hydrogen-bond acceptors (Lipinski definition) is 6. The number of aromatic nitrogens is 4. The van der Waals surface area contributed by atoms with Gasteiger partial charge in [-0.2, -0.15) is 0 Å². The fourth-order valence-electron chi connectivity index (χ4n) is 3.02. The fraction of sp³-hybridized carbons (Fsp3) is 0.143. The van der Waals surface area contributed by atoms with Crippen molar-refractivity contribution in [2.24, 2.45) is 7.05 Å². The second-order valence-electron chi connectivity index (χ2n) is 6.51. The molecule has 4 aromatic rings. The number of aryl methyl sites for hydroxylation is 1. The van der Waals surface area contributed by atoms with E-state index in [-0.39, 0.29) is 11.7 Å². The second kappa shape index (κ2) is 8.99. The summed E-state index contributed by atoms with van der Waals surface area (Å²) in [6, 6.07) is 13.6. The molecule has 0 bridgehead atoms. The summed E-state index contributed by atoms with van der Waals surface area (Å²) in [7, 11) is 1.91. The van der Waals surface area contributed by atoms with Crippen molar-refractivity contribution < 1.29 is 4.79 Å². The average molecular weight is 456 g/mol. The van der Waals surface area contributed by atoms with Gasteiger partial charge in [-0.1, -0.05) is 53.7 Å². The molecule has 0 aliphatic heterocycles. The monoisotopic (exact) mass is 455 g/mol. The van der Waals surface area contributed by atoms with Crippen LogP contribution in [-0.2, 0) is 11.8 Å². The zero-order valence-electron chi connectivity index (χ0n) is 16.3. The predicted octanol–water partition coefficient (Wildman–Crippen LogP) is 5.30. The van der Waals surface area contributed by atoms with E-state index in [2.05, 4.69) is 44.9 Å². The Hall–Kier alpha value is -2.68. The summed E-state index contributed by atoms with van der Waals surface area (Å²) in [5.41, 5.74) is 3.36. The van der Waals surface area contributed by atoms with Crippen LogP contribution in [0.25, 0.3) is 22.5 Å². The summed E-state index contributed by atoms with van der Waals surface area (Å²) in [5.74, 6) is 1.27. The average Bonchev–Trinajstić information content (AvgIpc) is 3.31. The lowest BCUT2D eigenvalue weighted by Gasteiger charge is -2.07. The maximum absolute atomic E-state index is 12.2. The van der Waals surface area contributed by atoms with Crippen molar-refractivity contribution in [3.63, 3.8) is 0 Å². The van der Waals surface area contributed by atoms with Crippen molar-refractivity contribution in [2.75, 3.05) is 11.1 Å². The molecule has 0 fully saturated rings. The van der Waals surface area contributed by atoms with Crippen LogP contribution in [0.1, 0.15) is 4.88 Å². The summed E-state index contributed by atoms with van der Waals surface area (Å²) < 4.78 is 1.92. The molecular weight excluding hydrogens is 438 g/mol. The van der Waals surface area contributed by atoms with Crippen LogP contribution in [0, 0.1) is 6.92 Å². The summed E-state index contributed by atoms with van der Waals surface area (Å²) in [6.07, 6.45) is 1.49. The summed E-state index contributed by atoms with van der Waals surface area (Å²) in [6.45, 7) is 2.11. The third kappa shape index (κ3) is 4.40. The van der Waals surface area contributed by atoms with Crippen LogP contribution < -0.4 is 5.32 Å². The van der Waals surface area contributed by atoms with Gasteiger partial charge in [0.2, 0.25) is 5.91 Å². The standard InChI is InChI=1S/C21H18ClN5OS2/c1-13-19(14-6-4-3-5-7-14)16(11-29-13)20-25-26-21(27(20)2)30-12-18(28)24-17-9-8-15(22)10-23-17/h3-11H,12H2,1-2H3,(H,23,24,28). The number of pyridine rings is 1. The molecule has 6 nitrogen and oxygen atoms in total. The highest BCUT2D eigenvalue weighted by molar-refractivity contribution is 7.99. The third-order valence-electron chi connectivity index (χ3n) is 4.44. The Morgan fingerprint density at radius 2 is 2.00 bits per heavy atom. The molecule has 0 atom stereocenters. The van der Waals surface area contributed by atoms with E-state index in [0.717, 1.165) is 17.0 Å². The number of halogens is 1. The number of amides is 1. The molecule has 4 rings (SSSR count). The Bertz CT molecular complexity index is 1170. The first-order valence-electron chi connectivity index (χ1n) is 9.10. The summed E-state index contributed by atoms with van der Waals surface area (Å²) in [4.78, 5) is 17.5. The van der Waals surface area contributed by atoms with Gasteiger partial charge >= 0.3 is 0 Å². The van der Waals surface area contributed by atoms with E-state index in [4.69, 9.17) is 11.6 Å². The van der Waals surface area contributed by atoms with Gasteiger partial charge < -0.3 is 9.88 Å². The minimum Gasteiger partial charge on any atom is -0.310 e. The van der Waals surface area contributed by atoms with Crippen LogP contribution in [0.4, 0.5) is 5.82 Å². The number of benzene rings is 1. The molecule has 0 radical (unpaired) electrons. The molecule has 30 heavy (non-hydrogen) atoms. The molecule has 3 heterocycles. The highest BCUT2D eigenvalue weighted by Crippen LogP contribution is 2.38. The predicted molar refractivity (Wildman–Crippen MR) is 123 cm³/mol. The molecule has 1 amide bonds. The zero-order valence-corrected chi connectivity index (χ0v) is 18.7. The number of rotatable bonds is 6. The molecule has 0 saturated heterocycles. The normalized spacial score (nSPS) is 10.9. The lowest BCUT2D eigenvalue weighted by molar-refractivity contribution is -0.113. The number of carbonyl (C=O) groups excluding carboxylic acids is 1. The molecule has 9 heteroatoms. The third-order valence-corrected chi connectivity index (χ3v) is 6.60. The number of hydrogen-bond donors (Lipinski definition) is 1. The van der Waals surface area contributed by atoms with Gasteiger partial charge in [0.15, 0.2) is 11.0 Å². The molecule has 0 aliphatic carbocycles. The van der Waals surface area contributed by atoms with Crippen molar-refractivity contribution in [3.05, 3.63) is 63.9 Å². The highest BCUT2D eigenvalue weighted by Gasteiger charge is 2.19. The zero-order chi connectivity index (χ0) is 21.1. The van der Waals surface area contributed by atoms with Gasteiger partial charge in [-0.15, -0.1) is 21.5 Å². The second-order valence-corrected chi connectivity index (χ2v) is 8.97. The fourth-order valence-corrected chi connectivity index (χ4v) is 4.70. The van der Waals surface area contributed by atoms with E-state index in [9.17, 15) is 4.79 Å². The largest absolute Gasteiger partial charge is 0.310 e. The molecule has 3 aromatic heterocycles. The van der Waals surface area contributed by atoms with E-state index in [1.807, 2.05) is 29.8 Å². The maximum atomic E-state index is 12.2. The minimum absolute atomic E-state index is 0.171. The summed E-state index contributed by atoms with van der Waals surface area (Å²) >= 11 is 8.83. The molecule has 1 N–H and O–H groups in total. The Balaban J connectivity index is 1.50. The van der Waals surface area contributed by atoms with Gasteiger partial charge in [0.05, 0.1) is 10.8 Å². The van der Waals surface area contributed by atoms with Crippen LogP contribution in [0.3, 0.4) is 0 Å². The Labute approximate surface area is 187 Å². The first kappa shape index (κ1) is 20.6. The Morgan fingerprint density at radius 3 is 2.73 bits per heavy atom. The van der Waals surface area contributed by atoms with Crippen LogP contribution >= 0.6 is 34.7 Å². The lowest BCUT2D eigenvalue weighted by Crippen LogP contribution is -2.15. The van der Waals surface area contributed by atoms with Crippen molar-refractivity contribution in [1.29, 1.82) is 0 Å². The number of anilines is 1. The molecular formula is C21H18ClN5OS2. The van der Waals surface area contributed by atoms with Gasteiger partial charge in [0, 0.05) is 34.6 Å². The molecule has 0 spiro atoms. The van der Waals surface area contributed by atoms with Crippen LogP contribution in [-0.4, -0.2) is 31.4 Å². The SMILES string of the molecule is Cc1scc(-c2nnc(SCC(=O)Nc3ccc(Cl)cn3)n2C)c1-c1ccccc1. The van der Waals surface area contributed by atoms with Crippen LogP contribution in [0.15, 0.2) is 59.2 Å². The maximum Gasteiger partial charge on any atom is 0.236 e. The Kier molecular flexibility index (Phi) is 6.17. The van der Waals surface area contributed by atoms with Gasteiger partial charge in [-0.05, 0) is 24.6 Å². The molecule has 0 aliphatic rings. The van der Waals surface area contributed by atoms with E-state index in [0.29, 0.717) is 16.0 Å². The van der Waals surface area contributed by atoms with Crippen molar-refractivity contribution in [1.82, 2.24) is 19.7 Å². The number of thiophene rings is 1. The van der Waals surface area contributed by atoms with Gasteiger partial charge in [-0.25, -0.2) is 4.98 Å². The van der Waals surface area contributed by atoms with Gasteiger partial charge in [0.25, 0.3) is 0 Å². The highest BCUT2D eigenvalue weighted by atomic mass is 35.5. The van der Waals surface area contributed by atoms with E-state index < -0.39 is 0 Å². The first-order valence-corrected chi connectivity index (χ1v) is 11.3. The van der Waals surface area contributed by atoms with Crippen molar-refractivity contribution >= 4 is 46.4 Å². The molecule has 152 valence electrons. The summed E-state index contributed by atoms with van der Waals surface area (Å²) in [5, 5.41) is 14.7. The minimum atomic E-state index is -0.171. The molecule has 0 unspecified atom stereocenters. The first-order chi connectivity index (χ1) is 14.5. The van der Waals surface area contributed by atoms with Crippen molar-refractivity contribution in [2.45, 2.75) is 12.1 Å². The number of carbonyl (C=O) groups is 1. The molecule has 0 saturated carbocycles. The topological polar surface area (TPSA) is 72.7 Å². The Morgan fingerprint density at radius 1 is 1.20 bits per heavy atom. The van der Waals surface area contributed by atoms with Gasteiger partial charge in [-0.3, -0.25) is 4.79 Å². The van der Waals surface area contributed by atoms with E-state index in [1.165, 1.54) is 28.4 Å². The number of nitrogens with zero attached hydrogens (tertiary/aromatic N) is 4. The van der Waals surface area contributed by atoms with Crippen molar-refractivity contribution in [3.8, 4) is 22.5 Å². The number of nitrogens with one attached hydrogen (secondary N) is 1. The number of thioether (sulfide) groups is 1. The quantitative estimate of drug-likeness (QED) is 0.399. The van der Waals surface area contributed by atoms with Crippen LogP contribution in [0.2, 0.25) is 5.02 Å². The van der Waals surface area contributed by atoms with Gasteiger partial charge in [0.1, 0.15) is 5.82 Å². The molecule has 1 aromatic carbocycles. The van der Waals surface area contributed by atoms with Crippen LogP contribution in [0.5, 0.6) is 0 Å².